The maximum Gasteiger partial charge on any atom is -0.0133 e. The van der Waals surface area contributed by atoms with Gasteiger partial charge in [0.2, 0.25) is 0 Å². The van der Waals surface area contributed by atoms with Crippen molar-refractivity contribution >= 4 is 0 Å². The molecule has 0 saturated heterocycles. The van der Waals surface area contributed by atoms with Crippen molar-refractivity contribution in [1.29, 1.82) is 0 Å². The van der Waals surface area contributed by atoms with Gasteiger partial charge in [-0.2, -0.15) is 0 Å². The smallest absolute Gasteiger partial charge is 0.0133 e. The molecule has 2 atom stereocenters. The summed E-state index contributed by atoms with van der Waals surface area (Å²) in [5, 5.41) is 0. The van der Waals surface area contributed by atoms with E-state index in [1.54, 1.807) is 0 Å². The lowest BCUT2D eigenvalue weighted by molar-refractivity contribution is 0.439. The minimum Gasteiger partial charge on any atom is -0.103 e. The Hall–Kier alpha value is -0.780. The average Bonchev–Trinajstić information content (AvgIpc) is 2.24. The predicted octanol–water partition coefficient (Wildman–Crippen LogP) is 4.75. The molecule has 0 heterocycles. The van der Waals surface area contributed by atoms with E-state index in [2.05, 4.69) is 39.2 Å². The molecule has 0 aromatic rings. The molecule has 0 N–H and O–H groups in total. The van der Waals surface area contributed by atoms with Gasteiger partial charge in [0.25, 0.3) is 0 Å². The largest absolute Gasteiger partial charge is 0.103 e. The fourth-order valence-electron chi connectivity index (χ4n) is 1.87. The van der Waals surface area contributed by atoms with Gasteiger partial charge in [0.15, 0.2) is 0 Å². The lowest BCUT2D eigenvalue weighted by atomic mass is 9.77. The van der Waals surface area contributed by atoms with Crippen LogP contribution in [0.3, 0.4) is 0 Å². The lowest BCUT2D eigenvalue weighted by Crippen LogP contribution is -2.16. The van der Waals surface area contributed by atoms with Crippen LogP contribution in [-0.4, -0.2) is 0 Å². The molecular formula is C14H24. The summed E-state index contributed by atoms with van der Waals surface area (Å²) < 4.78 is 0. The van der Waals surface area contributed by atoms with Gasteiger partial charge in [-0.3, -0.25) is 0 Å². The molecule has 0 radical (unpaired) electrons. The van der Waals surface area contributed by atoms with Crippen LogP contribution in [-0.2, 0) is 0 Å². The predicted molar refractivity (Wildman–Crippen MR) is 66.3 cm³/mol. The van der Waals surface area contributed by atoms with Crippen LogP contribution >= 0.6 is 0 Å². The van der Waals surface area contributed by atoms with E-state index in [1.807, 2.05) is 13.8 Å². The van der Waals surface area contributed by atoms with E-state index in [9.17, 15) is 0 Å². The molecule has 0 bridgehead atoms. The molecule has 14 heavy (non-hydrogen) atoms. The van der Waals surface area contributed by atoms with Crippen molar-refractivity contribution in [2.24, 2.45) is 11.8 Å². The van der Waals surface area contributed by atoms with E-state index < -0.39 is 0 Å². The molecule has 1 rings (SSSR count). The van der Waals surface area contributed by atoms with Gasteiger partial charge in [0.1, 0.15) is 0 Å². The normalized spacial score (nSPS) is 26.3. The monoisotopic (exact) mass is 192 g/mol. The van der Waals surface area contributed by atoms with Crippen molar-refractivity contribution in [2.75, 3.05) is 0 Å². The maximum atomic E-state index is 3.87. The van der Waals surface area contributed by atoms with Gasteiger partial charge in [-0.25, -0.2) is 0 Å². The first-order valence-corrected chi connectivity index (χ1v) is 5.59. The van der Waals surface area contributed by atoms with Gasteiger partial charge >= 0.3 is 0 Å². The van der Waals surface area contributed by atoms with Gasteiger partial charge in [-0.05, 0) is 38.5 Å². The van der Waals surface area contributed by atoms with Crippen molar-refractivity contribution in [1.82, 2.24) is 0 Å². The van der Waals surface area contributed by atoms with E-state index >= 15 is 0 Å². The summed E-state index contributed by atoms with van der Waals surface area (Å²) in [5.74, 6) is 1.23. The number of hydrogen-bond donors (Lipinski definition) is 0. The minimum atomic E-state index is 0.617. The third-order valence-electron chi connectivity index (χ3n) is 2.97. The van der Waals surface area contributed by atoms with Crippen LogP contribution in [0.2, 0.25) is 0 Å². The molecular weight excluding hydrogens is 168 g/mol. The minimum absolute atomic E-state index is 0.617. The zero-order valence-electron chi connectivity index (χ0n) is 10.1. The molecule has 0 amide bonds. The second-order valence-corrected chi connectivity index (χ2v) is 3.77. The fraction of sp³-hybridized carbons (Fsp3) is 0.571. The Kier molecular flexibility index (Phi) is 6.27. The van der Waals surface area contributed by atoms with E-state index in [-0.39, 0.29) is 0 Å². The highest BCUT2D eigenvalue weighted by molar-refractivity contribution is 5.19. The summed E-state index contributed by atoms with van der Waals surface area (Å²) in [5.41, 5.74) is 3.08. The first-order chi connectivity index (χ1) is 6.69. The molecule has 0 spiro atoms. The van der Waals surface area contributed by atoms with E-state index in [4.69, 9.17) is 0 Å². The van der Waals surface area contributed by atoms with E-state index in [0.29, 0.717) is 11.8 Å². The molecule has 1 aliphatic carbocycles. The van der Waals surface area contributed by atoms with Crippen LogP contribution in [0.25, 0.3) is 0 Å². The Morgan fingerprint density at radius 3 is 1.43 bits per heavy atom. The Morgan fingerprint density at radius 2 is 1.21 bits per heavy atom. The molecule has 0 aliphatic heterocycles. The molecule has 0 aromatic carbocycles. The summed E-state index contributed by atoms with van der Waals surface area (Å²) in [7, 11) is 0. The molecule has 1 aliphatic rings. The lowest BCUT2D eigenvalue weighted by Gasteiger charge is -2.28. The summed E-state index contributed by atoms with van der Waals surface area (Å²) in [4.78, 5) is 0. The van der Waals surface area contributed by atoms with Crippen LogP contribution < -0.4 is 0 Å². The van der Waals surface area contributed by atoms with Crippen LogP contribution in [0.5, 0.6) is 0 Å². The van der Waals surface area contributed by atoms with Crippen molar-refractivity contribution in [3.05, 3.63) is 36.5 Å². The molecule has 0 saturated carbocycles. The van der Waals surface area contributed by atoms with Crippen molar-refractivity contribution in [3.63, 3.8) is 0 Å². The fourth-order valence-corrected chi connectivity index (χ4v) is 1.87. The highest BCUT2D eigenvalue weighted by Crippen LogP contribution is 2.34. The summed E-state index contributed by atoms with van der Waals surface area (Å²) >= 11 is 0. The number of hydrogen-bond acceptors (Lipinski definition) is 0. The van der Waals surface area contributed by atoms with Gasteiger partial charge < -0.3 is 0 Å². The van der Waals surface area contributed by atoms with Gasteiger partial charge in [-0.1, -0.05) is 37.1 Å². The summed E-state index contributed by atoms with van der Waals surface area (Å²) in [6.07, 6.45) is 6.49. The Balaban J connectivity index is 0.000000791. The first kappa shape index (κ1) is 13.2. The Bertz CT molecular complexity index is 196. The van der Waals surface area contributed by atoms with Gasteiger partial charge in [-0.15, -0.1) is 13.2 Å². The van der Waals surface area contributed by atoms with Crippen molar-refractivity contribution < 1.29 is 0 Å². The van der Waals surface area contributed by atoms with E-state index in [1.165, 1.54) is 24.0 Å². The van der Waals surface area contributed by atoms with Crippen LogP contribution in [0, 0.1) is 11.8 Å². The van der Waals surface area contributed by atoms with Crippen molar-refractivity contribution in [2.45, 2.75) is 40.5 Å². The van der Waals surface area contributed by atoms with Crippen LogP contribution in [0.1, 0.15) is 40.5 Å². The first-order valence-electron chi connectivity index (χ1n) is 5.59. The highest BCUT2D eigenvalue weighted by atomic mass is 14.3. The summed E-state index contributed by atoms with van der Waals surface area (Å²) in [6, 6.07) is 0. The number of allylic oxidation sites excluding steroid dienone is 4. The molecule has 2 unspecified atom stereocenters. The van der Waals surface area contributed by atoms with E-state index in [0.717, 1.165) is 0 Å². The third kappa shape index (κ3) is 3.17. The molecule has 0 aromatic heterocycles. The summed E-state index contributed by atoms with van der Waals surface area (Å²) in [6.45, 7) is 16.2. The molecule has 0 heteroatoms. The van der Waals surface area contributed by atoms with Crippen LogP contribution in [0.15, 0.2) is 36.5 Å². The Morgan fingerprint density at radius 1 is 0.929 bits per heavy atom. The molecule has 0 fully saturated rings. The molecule has 0 nitrogen and oxygen atoms in total. The standard InChI is InChI=1S/C12H18.C2H6/c1-5-11-7-9(3)10(4)8-12(11)6-2;1-2/h5-6,11-12H,1-2,7-8H2,3-4H3;1-2H3. The third-order valence-corrected chi connectivity index (χ3v) is 2.97. The van der Waals surface area contributed by atoms with Gasteiger partial charge in [0, 0.05) is 0 Å². The average molecular weight is 192 g/mol. The number of rotatable bonds is 2. The van der Waals surface area contributed by atoms with Crippen LogP contribution in [0.4, 0.5) is 0 Å². The highest BCUT2D eigenvalue weighted by Gasteiger charge is 2.21. The topological polar surface area (TPSA) is 0 Å². The second-order valence-electron chi connectivity index (χ2n) is 3.77. The quantitative estimate of drug-likeness (QED) is 0.554. The van der Waals surface area contributed by atoms with Gasteiger partial charge in [0.05, 0.1) is 0 Å². The Labute approximate surface area is 89.4 Å². The van der Waals surface area contributed by atoms with Crippen molar-refractivity contribution in [3.8, 4) is 0 Å². The zero-order valence-corrected chi connectivity index (χ0v) is 10.1. The SMILES string of the molecule is C=CC1CC(C)=C(C)CC1C=C.CC. The second kappa shape index (κ2) is 6.64. The molecule has 80 valence electrons. The maximum absolute atomic E-state index is 3.87. The zero-order chi connectivity index (χ0) is 11.1.